The van der Waals surface area contributed by atoms with Crippen molar-refractivity contribution >= 4 is 24.0 Å². The number of alkyl halides is 3. The molecule has 134 valence electrons. The Morgan fingerprint density at radius 2 is 2.00 bits per heavy atom. The summed E-state index contributed by atoms with van der Waals surface area (Å²) in [5, 5.41) is 3.29. The lowest BCUT2D eigenvalue weighted by atomic mass is 9.78. The molecule has 0 unspecified atom stereocenters. The summed E-state index contributed by atoms with van der Waals surface area (Å²) in [5.41, 5.74) is 0.609. The van der Waals surface area contributed by atoms with Crippen molar-refractivity contribution in [3.05, 3.63) is 18.3 Å². The van der Waals surface area contributed by atoms with E-state index in [4.69, 9.17) is 0 Å². The fourth-order valence-electron chi connectivity index (χ4n) is 3.20. The molecule has 1 aromatic heterocycles. The van der Waals surface area contributed by atoms with E-state index < -0.39 is 12.8 Å². The number of carbonyl (C=O) groups is 1. The molecule has 1 N–H and O–H groups in total. The number of aromatic nitrogens is 1. The van der Waals surface area contributed by atoms with Crippen molar-refractivity contribution in [2.45, 2.75) is 25.4 Å². The molecule has 0 radical (unpaired) electrons. The normalized spacial score (nSPS) is 20.1. The fraction of sp³-hybridized carbons (Fsp3) is 0.600. The van der Waals surface area contributed by atoms with Crippen LogP contribution in [0.15, 0.2) is 18.3 Å². The Bertz CT molecular complexity index is 574. The molecular weight excluding hydrogens is 347 g/mol. The Hall–Kier alpha value is -1.54. The minimum Gasteiger partial charge on any atom is -0.468 e. The van der Waals surface area contributed by atoms with Crippen LogP contribution in [0.25, 0.3) is 0 Å². The van der Waals surface area contributed by atoms with Crippen LogP contribution in [0.2, 0.25) is 0 Å². The molecule has 0 atom stereocenters. The maximum Gasteiger partial charge on any atom is 0.422 e. The quantitative estimate of drug-likeness (QED) is 0.894. The van der Waals surface area contributed by atoms with Gasteiger partial charge in [0.05, 0.1) is 11.9 Å². The molecule has 1 spiro atoms. The molecule has 2 aliphatic rings. The van der Waals surface area contributed by atoms with Crippen LogP contribution in [0.3, 0.4) is 0 Å². The largest absolute Gasteiger partial charge is 0.468 e. The van der Waals surface area contributed by atoms with E-state index >= 15 is 0 Å². The first-order chi connectivity index (χ1) is 10.9. The standard InChI is InChI=1S/C15H18F3N3O2.ClH/c16-15(17,18)10-23-12-2-1-11(8-20-12)21-9-14(7-13(21)22)3-5-19-6-4-14;/h1-2,8,19H,3-7,9-10H2;1H. The number of hydrogen-bond donors (Lipinski definition) is 1. The summed E-state index contributed by atoms with van der Waals surface area (Å²) in [6.07, 6.45) is -0.581. The number of anilines is 1. The van der Waals surface area contributed by atoms with Gasteiger partial charge in [0.2, 0.25) is 11.8 Å². The SMILES string of the molecule is Cl.O=C1CC2(CCNCC2)CN1c1ccc(OCC(F)(F)F)nc1. The first-order valence-electron chi connectivity index (χ1n) is 7.54. The van der Waals surface area contributed by atoms with Gasteiger partial charge in [-0.2, -0.15) is 13.2 Å². The molecule has 0 aliphatic carbocycles. The van der Waals surface area contributed by atoms with E-state index in [0.717, 1.165) is 25.9 Å². The third-order valence-corrected chi connectivity index (χ3v) is 4.40. The van der Waals surface area contributed by atoms with Crippen LogP contribution in [0.4, 0.5) is 18.9 Å². The lowest BCUT2D eigenvalue weighted by Crippen LogP contribution is -2.38. The van der Waals surface area contributed by atoms with E-state index in [1.54, 1.807) is 11.0 Å². The van der Waals surface area contributed by atoms with Gasteiger partial charge in [-0.05, 0) is 37.4 Å². The molecule has 2 aliphatic heterocycles. The lowest BCUT2D eigenvalue weighted by Gasteiger charge is -2.33. The number of nitrogens with one attached hydrogen (secondary N) is 1. The summed E-state index contributed by atoms with van der Waals surface area (Å²) in [7, 11) is 0. The van der Waals surface area contributed by atoms with Crippen LogP contribution in [0.5, 0.6) is 5.88 Å². The summed E-state index contributed by atoms with van der Waals surface area (Å²) in [5.74, 6) is -0.0630. The molecule has 0 aromatic carbocycles. The van der Waals surface area contributed by atoms with Gasteiger partial charge in [-0.3, -0.25) is 4.79 Å². The molecule has 9 heteroatoms. The third-order valence-electron chi connectivity index (χ3n) is 4.40. The zero-order valence-electron chi connectivity index (χ0n) is 12.9. The summed E-state index contributed by atoms with van der Waals surface area (Å²) >= 11 is 0. The highest BCUT2D eigenvalue weighted by molar-refractivity contribution is 5.96. The second-order valence-electron chi connectivity index (χ2n) is 6.17. The molecular formula is C15H19ClF3N3O2. The second-order valence-corrected chi connectivity index (χ2v) is 6.17. The van der Waals surface area contributed by atoms with Crippen LogP contribution in [0, 0.1) is 5.41 Å². The molecule has 5 nitrogen and oxygen atoms in total. The van der Waals surface area contributed by atoms with Gasteiger partial charge in [0.15, 0.2) is 6.61 Å². The van der Waals surface area contributed by atoms with Crippen molar-refractivity contribution < 1.29 is 22.7 Å². The topological polar surface area (TPSA) is 54.5 Å². The zero-order chi connectivity index (χ0) is 16.5. The molecule has 3 heterocycles. The Morgan fingerprint density at radius 1 is 1.29 bits per heavy atom. The number of amides is 1. The monoisotopic (exact) mass is 365 g/mol. The molecule has 0 saturated carbocycles. The van der Waals surface area contributed by atoms with E-state index in [0.29, 0.717) is 18.7 Å². The highest BCUT2D eigenvalue weighted by Crippen LogP contribution is 2.41. The number of carbonyl (C=O) groups excluding carboxylic acids is 1. The molecule has 1 amide bonds. The van der Waals surface area contributed by atoms with Gasteiger partial charge >= 0.3 is 6.18 Å². The molecule has 0 bridgehead atoms. The summed E-state index contributed by atoms with van der Waals surface area (Å²) in [4.78, 5) is 17.8. The molecule has 2 fully saturated rings. The highest BCUT2D eigenvalue weighted by Gasteiger charge is 2.44. The number of halogens is 4. The van der Waals surface area contributed by atoms with E-state index in [2.05, 4.69) is 15.0 Å². The van der Waals surface area contributed by atoms with Crippen molar-refractivity contribution in [3.8, 4) is 5.88 Å². The predicted octanol–water partition coefficient (Wildman–Crippen LogP) is 2.55. The number of rotatable bonds is 3. The van der Waals surface area contributed by atoms with Crippen molar-refractivity contribution in [1.29, 1.82) is 0 Å². The van der Waals surface area contributed by atoms with Crippen LogP contribution in [-0.4, -0.2) is 43.3 Å². The third kappa shape index (κ3) is 4.30. The van der Waals surface area contributed by atoms with E-state index in [1.807, 2.05) is 0 Å². The van der Waals surface area contributed by atoms with E-state index in [-0.39, 0.29) is 29.6 Å². The molecule has 3 rings (SSSR count). The van der Waals surface area contributed by atoms with Crippen LogP contribution in [-0.2, 0) is 4.79 Å². The maximum atomic E-state index is 12.3. The number of hydrogen-bond acceptors (Lipinski definition) is 4. The van der Waals surface area contributed by atoms with E-state index in [9.17, 15) is 18.0 Å². The summed E-state index contributed by atoms with van der Waals surface area (Å²) in [6.45, 7) is 1.07. The Balaban J connectivity index is 0.00000208. The van der Waals surface area contributed by atoms with Crippen molar-refractivity contribution in [2.75, 3.05) is 31.1 Å². The number of piperidine rings is 1. The van der Waals surface area contributed by atoms with Gasteiger partial charge in [-0.1, -0.05) is 0 Å². The average molecular weight is 366 g/mol. The van der Waals surface area contributed by atoms with Gasteiger partial charge in [0.25, 0.3) is 0 Å². The second kappa shape index (κ2) is 7.14. The van der Waals surface area contributed by atoms with Gasteiger partial charge < -0.3 is 15.0 Å². The van der Waals surface area contributed by atoms with Gasteiger partial charge in [-0.15, -0.1) is 12.4 Å². The number of pyridine rings is 1. The minimum absolute atomic E-state index is 0. The number of nitrogens with zero attached hydrogens (tertiary/aromatic N) is 2. The minimum atomic E-state index is -4.40. The summed E-state index contributed by atoms with van der Waals surface area (Å²) < 4.78 is 40.9. The van der Waals surface area contributed by atoms with Gasteiger partial charge in [-0.25, -0.2) is 4.98 Å². The Morgan fingerprint density at radius 3 is 2.58 bits per heavy atom. The van der Waals surface area contributed by atoms with E-state index in [1.165, 1.54) is 12.3 Å². The smallest absolute Gasteiger partial charge is 0.422 e. The van der Waals surface area contributed by atoms with Crippen LogP contribution in [0.1, 0.15) is 19.3 Å². The zero-order valence-corrected chi connectivity index (χ0v) is 13.8. The lowest BCUT2D eigenvalue weighted by molar-refractivity contribution is -0.154. The average Bonchev–Trinajstić information content (AvgIpc) is 2.82. The highest BCUT2D eigenvalue weighted by atomic mass is 35.5. The van der Waals surface area contributed by atoms with Crippen LogP contribution < -0.4 is 15.0 Å². The molecule has 2 saturated heterocycles. The first-order valence-corrected chi connectivity index (χ1v) is 7.54. The first kappa shape index (κ1) is 18.8. The van der Waals surface area contributed by atoms with Crippen molar-refractivity contribution in [3.63, 3.8) is 0 Å². The van der Waals surface area contributed by atoms with Gasteiger partial charge in [0, 0.05) is 19.0 Å². The molecule has 24 heavy (non-hydrogen) atoms. The molecule has 1 aromatic rings. The summed E-state index contributed by atoms with van der Waals surface area (Å²) in [6, 6.07) is 2.94. The Labute approximate surface area is 144 Å². The Kier molecular flexibility index (Phi) is 5.59. The number of ether oxygens (including phenoxy) is 1. The fourth-order valence-corrected chi connectivity index (χ4v) is 3.20. The predicted molar refractivity (Wildman–Crippen MR) is 84.5 cm³/mol. The van der Waals surface area contributed by atoms with Crippen molar-refractivity contribution in [1.82, 2.24) is 10.3 Å². The van der Waals surface area contributed by atoms with Crippen LogP contribution >= 0.6 is 12.4 Å². The maximum absolute atomic E-state index is 12.3. The van der Waals surface area contributed by atoms with Crippen molar-refractivity contribution in [2.24, 2.45) is 5.41 Å². The van der Waals surface area contributed by atoms with Gasteiger partial charge in [0.1, 0.15) is 0 Å².